The van der Waals surface area contributed by atoms with Crippen molar-refractivity contribution in [1.82, 2.24) is 5.43 Å². The van der Waals surface area contributed by atoms with E-state index in [9.17, 15) is 14.4 Å². The molecule has 1 fully saturated rings. The van der Waals surface area contributed by atoms with E-state index in [0.717, 1.165) is 5.01 Å². The van der Waals surface area contributed by atoms with Gasteiger partial charge in [0.2, 0.25) is 0 Å². The maximum atomic E-state index is 12.7. The molecule has 7 nitrogen and oxygen atoms in total. The Labute approximate surface area is 176 Å². The number of carbonyl (C=O) groups excluding carboxylic acids is 3. The van der Waals surface area contributed by atoms with Gasteiger partial charge in [0.15, 0.2) is 11.5 Å². The van der Waals surface area contributed by atoms with Crippen LogP contribution in [0.4, 0.5) is 5.69 Å². The van der Waals surface area contributed by atoms with Crippen LogP contribution in [0.15, 0.2) is 42.0 Å². The lowest BCUT2D eigenvalue weighted by Crippen LogP contribution is -2.35. The summed E-state index contributed by atoms with van der Waals surface area (Å²) in [5.41, 5.74) is 3.32. The number of benzene rings is 2. The van der Waals surface area contributed by atoms with E-state index in [0.29, 0.717) is 28.6 Å². The van der Waals surface area contributed by atoms with Crippen molar-refractivity contribution in [2.75, 3.05) is 11.6 Å². The van der Waals surface area contributed by atoms with Gasteiger partial charge in [-0.2, -0.15) is 0 Å². The molecule has 0 aliphatic carbocycles. The summed E-state index contributed by atoms with van der Waals surface area (Å²) in [7, 11) is 0. The Morgan fingerprint density at radius 1 is 1.10 bits per heavy atom. The molecule has 1 N–H and O–H groups in total. The van der Waals surface area contributed by atoms with Crippen molar-refractivity contribution in [2.24, 2.45) is 0 Å². The maximum absolute atomic E-state index is 12.7. The number of carbonyl (C=O) groups is 3. The number of hydrogen-bond donors (Lipinski definition) is 1. The summed E-state index contributed by atoms with van der Waals surface area (Å²) in [4.78, 5) is 36.3. The predicted molar refractivity (Wildman–Crippen MR) is 109 cm³/mol. The fourth-order valence-electron chi connectivity index (χ4n) is 2.65. The van der Waals surface area contributed by atoms with Crippen LogP contribution in [-0.4, -0.2) is 24.4 Å². The Kier molecular flexibility index (Phi) is 6.10. The summed E-state index contributed by atoms with van der Waals surface area (Å²) in [5, 5.41) is 1.68. The number of nitrogens with one attached hydrogen (secondary N) is 1. The van der Waals surface area contributed by atoms with E-state index < -0.39 is 17.8 Å². The molecule has 0 radical (unpaired) electrons. The van der Waals surface area contributed by atoms with E-state index in [1.165, 1.54) is 31.2 Å². The quantitative estimate of drug-likeness (QED) is 0.335. The van der Waals surface area contributed by atoms with Crippen molar-refractivity contribution >= 4 is 52.7 Å². The molecule has 2 aromatic rings. The topological polar surface area (TPSA) is 84.9 Å². The van der Waals surface area contributed by atoms with Gasteiger partial charge in [-0.1, -0.05) is 29.3 Å². The molecule has 150 valence electrons. The second kappa shape index (κ2) is 8.55. The molecular weight excluding hydrogens is 419 g/mol. The van der Waals surface area contributed by atoms with Gasteiger partial charge in [0.1, 0.15) is 5.57 Å². The Morgan fingerprint density at radius 3 is 2.52 bits per heavy atom. The van der Waals surface area contributed by atoms with Crippen LogP contribution in [0, 0.1) is 0 Å². The number of hydrogen-bond acceptors (Lipinski definition) is 5. The Morgan fingerprint density at radius 2 is 1.86 bits per heavy atom. The number of nitrogens with zero attached hydrogens (tertiary/aromatic N) is 1. The molecule has 1 aliphatic heterocycles. The molecular formula is C20H16Cl2N2O5. The molecule has 2 amide bonds. The van der Waals surface area contributed by atoms with Crippen molar-refractivity contribution in [1.29, 1.82) is 0 Å². The molecule has 9 heteroatoms. The van der Waals surface area contributed by atoms with Crippen molar-refractivity contribution in [3.63, 3.8) is 0 Å². The number of halogens is 2. The van der Waals surface area contributed by atoms with Crippen molar-refractivity contribution in [3.05, 3.63) is 57.6 Å². The van der Waals surface area contributed by atoms with Crippen LogP contribution in [0.5, 0.6) is 11.5 Å². The zero-order chi connectivity index (χ0) is 21.1. The van der Waals surface area contributed by atoms with Crippen LogP contribution in [0.3, 0.4) is 0 Å². The first-order valence-electron chi connectivity index (χ1n) is 8.57. The van der Waals surface area contributed by atoms with Crippen LogP contribution in [0.2, 0.25) is 10.0 Å². The van der Waals surface area contributed by atoms with E-state index >= 15 is 0 Å². The van der Waals surface area contributed by atoms with E-state index in [4.69, 9.17) is 32.7 Å². The predicted octanol–water partition coefficient (Wildman–Crippen LogP) is 3.78. The first-order chi connectivity index (χ1) is 13.8. The highest BCUT2D eigenvalue weighted by atomic mass is 35.5. The summed E-state index contributed by atoms with van der Waals surface area (Å²) in [6, 6.07) is 9.30. The largest absolute Gasteiger partial charge is 0.490 e. The minimum absolute atomic E-state index is 0.0706. The highest BCUT2D eigenvalue weighted by Crippen LogP contribution is 2.31. The molecule has 0 aromatic heterocycles. The third kappa shape index (κ3) is 4.52. The summed E-state index contributed by atoms with van der Waals surface area (Å²) < 4.78 is 10.6. The lowest BCUT2D eigenvalue weighted by atomic mass is 10.1. The van der Waals surface area contributed by atoms with Crippen LogP contribution in [-0.2, 0) is 14.4 Å². The molecule has 0 saturated carbocycles. The molecule has 2 aromatic carbocycles. The Bertz CT molecular complexity index is 1040. The van der Waals surface area contributed by atoms with E-state index in [1.807, 2.05) is 0 Å². The third-order valence-electron chi connectivity index (χ3n) is 3.89. The lowest BCUT2D eigenvalue weighted by molar-refractivity contribution is -0.132. The maximum Gasteiger partial charge on any atom is 0.308 e. The monoisotopic (exact) mass is 434 g/mol. The zero-order valence-corrected chi connectivity index (χ0v) is 17.0. The molecule has 0 atom stereocenters. The summed E-state index contributed by atoms with van der Waals surface area (Å²) >= 11 is 11.9. The van der Waals surface area contributed by atoms with Crippen molar-refractivity contribution in [3.8, 4) is 11.5 Å². The summed E-state index contributed by atoms with van der Waals surface area (Å²) in [6.07, 6.45) is 1.43. The normalized spacial score (nSPS) is 14.9. The van der Waals surface area contributed by atoms with E-state index in [-0.39, 0.29) is 16.3 Å². The van der Waals surface area contributed by atoms with Gasteiger partial charge >= 0.3 is 5.97 Å². The zero-order valence-electron chi connectivity index (χ0n) is 15.5. The second-order valence-corrected chi connectivity index (χ2v) is 6.79. The van der Waals surface area contributed by atoms with E-state index in [1.54, 1.807) is 25.1 Å². The average Bonchev–Trinajstić information content (AvgIpc) is 2.94. The number of amides is 2. The smallest absolute Gasteiger partial charge is 0.308 e. The van der Waals surface area contributed by atoms with Crippen LogP contribution in [0.25, 0.3) is 6.08 Å². The molecule has 0 unspecified atom stereocenters. The number of esters is 1. The molecule has 1 heterocycles. The third-order valence-corrected chi connectivity index (χ3v) is 4.62. The van der Waals surface area contributed by atoms with Gasteiger partial charge in [-0.25, -0.2) is 5.01 Å². The number of hydrazine groups is 1. The van der Waals surface area contributed by atoms with Gasteiger partial charge < -0.3 is 9.47 Å². The summed E-state index contributed by atoms with van der Waals surface area (Å²) in [6.45, 7) is 3.41. The molecule has 1 saturated heterocycles. The number of ether oxygens (including phenoxy) is 2. The Balaban J connectivity index is 1.92. The van der Waals surface area contributed by atoms with Gasteiger partial charge in [-0.05, 0) is 48.9 Å². The van der Waals surface area contributed by atoms with Crippen LogP contribution < -0.4 is 19.9 Å². The van der Waals surface area contributed by atoms with Gasteiger partial charge in [-0.3, -0.25) is 19.8 Å². The highest BCUT2D eigenvalue weighted by Gasteiger charge is 2.34. The van der Waals surface area contributed by atoms with Crippen LogP contribution >= 0.6 is 23.2 Å². The highest BCUT2D eigenvalue weighted by molar-refractivity contribution is 6.42. The SMILES string of the molecule is CCOc1cc(C=C2C(=O)NN(c3ccc(Cl)c(Cl)c3)C2=O)ccc1OC(C)=O. The fourth-order valence-corrected chi connectivity index (χ4v) is 2.94. The van der Waals surface area contributed by atoms with Gasteiger partial charge in [0, 0.05) is 6.92 Å². The molecule has 0 bridgehead atoms. The van der Waals surface area contributed by atoms with E-state index in [2.05, 4.69) is 5.43 Å². The molecule has 29 heavy (non-hydrogen) atoms. The number of anilines is 1. The first kappa shape index (κ1) is 20.7. The standard InChI is InChI=1S/C20H16Cl2N2O5/c1-3-28-18-9-12(4-7-17(18)29-11(2)25)8-14-19(26)23-24(20(14)27)13-5-6-15(21)16(22)10-13/h4-10H,3H2,1-2H3,(H,23,26). The molecule has 0 spiro atoms. The van der Waals surface area contributed by atoms with Crippen LogP contribution in [0.1, 0.15) is 19.4 Å². The average molecular weight is 435 g/mol. The minimum Gasteiger partial charge on any atom is -0.490 e. The second-order valence-electron chi connectivity index (χ2n) is 5.97. The first-order valence-corrected chi connectivity index (χ1v) is 9.33. The summed E-state index contributed by atoms with van der Waals surface area (Å²) in [5.74, 6) is -1.02. The fraction of sp³-hybridized carbons (Fsp3) is 0.150. The minimum atomic E-state index is -0.567. The lowest BCUT2D eigenvalue weighted by Gasteiger charge is -2.15. The molecule has 1 aliphatic rings. The Hall–Kier alpha value is -3.03. The van der Waals surface area contributed by atoms with Gasteiger partial charge in [0.25, 0.3) is 11.8 Å². The van der Waals surface area contributed by atoms with Crippen molar-refractivity contribution in [2.45, 2.75) is 13.8 Å². The number of rotatable bonds is 5. The molecule has 3 rings (SSSR count). The van der Waals surface area contributed by atoms with Gasteiger partial charge in [0.05, 0.1) is 22.3 Å². The van der Waals surface area contributed by atoms with Gasteiger partial charge in [-0.15, -0.1) is 0 Å². The van der Waals surface area contributed by atoms with Crippen molar-refractivity contribution < 1.29 is 23.9 Å².